The summed E-state index contributed by atoms with van der Waals surface area (Å²) in [6.07, 6.45) is 0.946. The molecule has 0 radical (unpaired) electrons. The van der Waals surface area contributed by atoms with Gasteiger partial charge in [0.05, 0.1) is 10.6 Å². The molecule has 0 saturated heterocycles. The number of hydrogen-bond donors (Lipinski definition) is 1. The van der Waals surface area contributed by atoms with E-state index in [-0.39, 0.29) is 21.2 Å². The predicted octanol–water partition coefficient (Wildman–Crippen LogP) is 1.62. The first-order valence-electron chi connectivity index (χ1n) is 6.21. The molecule has 0 amide bonds. The zero-order valence-corrected chi connectivity index (χ0v) is 13.6. The van der Waals surface area contributed by atoms with Gasteiger partial charge in [0.1, 0.15) is 10.6 Å². The van der Waals surface area contributed by atoms with Gasteiger partial charge in [0.25, 0.3) is 10.0 Å². The van der Waals surface area contributed by atoms with Gasteiger partial charge in [0.15, 0.2) is 9.84 Å². The van der Waals surface area contributed by atoms with Crippen molar-refractivity contribution < 1.29 is 21.9 Å². The highest BCUT2D eigenvalue weighted by Gasteiger charge is 2.28. The molecule has 0 heterocycles. The maximum atomic E-state index is 12.7. The molecule has 0 bridgehead atoms. The second-order valence-corrected chi connectivity index (χ2v) is 8.60. The van der Waals surface area contributed by atoms with Gasteiger partial charge in [-0.1, -0.05) is 24.3 Å². The summed E-state index contributed by atoms with van der Waals surface area (Å²) in [6, 6.07) is 11.3. The zero-order chi connectivity index (χ0) is 16.5. The quantitative estimate of drug-likeness (QED) is 0.912. The van der Waals surface area contributed by atoms with Gasteiger partial charge >= 0.3 is 0 Å². The third-order valence-corrected chi connectivity index (χ3v) is 6.22. The number of sulfonamides is 1. The highest BCUT2D eigenvalue weighted by Crippen LogP contribution is 2.31. The van der Waals surface area contributed by atoms with Crippen molar-refractivity contribution >= 4 is 25.5 Å². The number of rotatable bonds is 4. The molecule has 2 aromatic rings. The standard InChI is InChI=1S/C14H15NO5S2/c1-15(11-7-3-4-8-12(11)16)22(19,20)14-10-6-5-9-13(14)21(2,17)18/h3-10,16H,1-2H3. The second kappa shape index (κ2) is 5.62. The zero-order valence-electron chi connectivity index (χ0n) is 12.0. The van der Waals surface area contributed by atoms with E-state index in [9.17, 15) is 21.9 Å². The topological polar surface area (TPSA) is 91.8 Å². The van der Waals surface area contributed by atoms with Crippen LogP contribution in [0.1, 0.15) is 0 Å². The lowest BCUT2D eigenvalue weighted by molar-refractivity contribution is 0.476. The van der Waals surface area contributed by atoms with Crippen molar-refractivity contribution in [2.45, 2.75) is 9.79 Å². The molecule has 0 aliphatic heterocycles. The minimum Gasteiger partial charge on any atom is -0.506 e. The summed E-state index contributed by atoms with van der Waals surface area (Å²) in [6.45, 7) is 0. The van der Waals surface area contributed by atoms with E-state index in [0.717, 1.165) is 10.6 Å². The summed E-state index contributed by atoms with van der Waals surface area (Å²) in [5.41, 5.74) is 0.0609. The molecule has 2 aromatic carbocycles. The third kappa shape index (κ3) is 2.93. The van der Waals surface area contributed by atoms with Gasteiger partial charge in [-0.15, -0.1) is 0 Å². The first-order chi connectivity index (χ1) is 10.2. The van der Waals surface area contributed by atoms with Crippen LogP contribution in [-0.2, 0) is 19.9 Å². The average Bonchev–Trinajstić information content (AvgIpc) is 2.46. The predicted molar refractivity (Wildman–Crippen MR) is 83.2 cm³/mol. The average molecular weight is 341 g/mol. The van der Waals surface area contributed by atoms with Crippen LogP contribution in [0.15, 0.2) is 58.3 Å². The van der Waals surface area contributed by atoms with Crippen molar-refractivity contribution in [2.24, 2.45) is 0 Å². The summed E-state index contributed by atoms with van der Waals surface area (Å²) in [5.74, 6) is -0.217. The van der Waals surface area contributed by atoms with Crippen molar-refractivity contribution in [3.63, 3.8) is 0 Å². The Kier molecular flexibility index (Phi) is 4.17. The largest absolute Gasteiger partial charge is 0.506 e. The number of phenolic OH excluding ortho intramolecular Hbond substituents is 1. The Labute approximate surface area is 129 Å². The molecule has 0 aromatic heterocycles. The minimum atomic E-state index is -4.13. The SMILES string of the molecule is CN(c1ccccc1O)S(=O)(=O)c1ccccc1S(C)(=O)=O. The van der Waals surface area contributed by atoms with Gasteiger partial charge in [0.2, 0.25) is 0 Å². The summed E-state index contributed by atoms with van der Waals surface area (Å²) in [7, 11) is -6.59. The lowest BCUT2D eigenvalue weighted by Gasteiger charge is -2.21. The van der Waals surface area contributed by atoms with Crippen LogP contribution >= 0.6 is 0 Å². The fourth-order valence-corrected chi connectivity index (χ4v) is 4.79. The van der Waals surface area contributed by atoms with Gasteiger partial charge < -0.3 is 5.11 Å². The number of phenols is 1. The van der Waals surface area contributed by atoms with Gasteiger partial charge in [-0.2, -0.15) is 0 Å². The number of hydrogen-bond acceptors (Lipinski definition) is 5. The van der Waals surface area contributed by atoms with Crippen molar-refractivity contribution in [3.8, 4) is 5.75 Å². The summed E-state index contributed by atoms with van der Waals surface area (Å²) in [5, 5.41) is 9.80. The van der Waals surface area contributed by atoms with Crippen molar-refractivity contribution in [3.05, 3.63) is 48.5 Å². The van der Waals surface area contributed by atoms with E-state index >= 15 is 0 Å². The van der Waals surface area contributed by atoms with Crippen LogP contribution in [0.3, 0.4) is 0 Å². The van der Waals surface area contributed by atoms with Crippen molar-refractivity contribution in [1.82, 2.24) is 0 Å². The molecule has 0 aliphatic rings. The van der Waals surface area contributed by atoms with Crippen molar-refractivity contribution in [2.75, 3.05) is 17.6 Å². The van der Waals surface area contributed by atoms with E-state index in [1.165, 1.54) is 43.4 Å². The molecule has 0 aliphatic carbocycles. The van der Waals surface area contributed by atoms with Gasteiger partial charge in [-0.05, 0) is 24.3 Å². The van der Waals surface area contributed by atoms with E-state index < -0.39 is 19.9 Å². The number of benzene rings is 2. The van der Waals surface area contributed by atoms with Crippen LogP contribution < -0.4 is 4.31 Å². The monoisotopic (exact) mass is 341 g/mol. The van der Waals surface area contributed by atoms with E-state index in [0.29, 0.717) is 0 Å². The molecule has 8 heteroatoms. The Morgan fingerprint density at radius 2 is 1.36 bits per heavy atom. The highest BCUT2D eigenvalue weighted by molar-refractivity contribution is 7.95. The maximum Gasteiger partial charge on any atom is 0.265 e. The molecule has 0 spiro atoms. The Balaban J connectivity index is 2.65. The molecular weight excluding hydrogens is 326 g/mol. The second-order valence-electron chi connectivity index (χ2n) is 4.68. The fraction of sp³-hybridized carbons (Fsp3) is 0.143. The molecule has 6 nitrogen and oxygen atoms in total. The Hall–Kier alpha value is -2.06. The van der Waals surface area contributed by atoms with Crippen LogP contribution in [0.25, 0.3) is 0 Å². The lowest BCUT2D eigenvalue weighted by atomic mass is 10.3. The smallest absolute Gasteiger partial charge is 0.265 e. The summed E-state index contributed by atoms with van der Waals surface area (Å²) >= 11 is 0. The number of para-hydroxylation sites is 2. The molecule has 0 atom stereocenters. The summed E-state index contributed by atoms with van der Waals surface area (Å²) in [4.78, 5) is -0.611. The van der Waals surface area contributed by atoms with Crippen LogP contribution in [0.5, 0.6) is 5.75 Å². The molecular formula is C14H15NO5S2. The molecule has 1 N–H and O–H groups in total. The Morgan fingerprint density at radius 3 is 1.91 bits per heavy atom. The molecule has 2 rings (SSSR count). The van der Waals surface area contributed by atoms with Gasteiger partial charge in [-0.3, -0.25) is 4.31 Å². The molecule has 118 valence electrons. The van der Waals surface area contributed by atoms with Crippen LogP contribution in [0.2, 0.25) is 0 Å². The van der Waals surface area contributed by atoms with E-state index in [1.54, 1.807) is 12.1 Å². The maximum absolute atomic E-state index is 12.7. The first-order valence-corrected chi connectivity index (χ1v) is 9.55. The number of anilines is 1. The molecule has 22 heavy (non-hydrogen) atoms. The Bertz CT molecular complexity index is 904. The summed E-state index contributed by atoms with van der Waals surface area (Å²) < 4.78 is 49.8. The van der Waals surface area contributed by atoms with Crippen molar-refractivity contribution in [1.29, 1.82) is 0 Å². The van der Waals surface area contributed by atoms with Gasteiger partial charge in [-0.25, -0.2) is 16.8 Å². The van der Waals surface area contributed by atoms with Crippen LogP contribution in [0, 0.1) is 0 Å². The fourth-order valence-electron chi connectivity index (χ4n) is 1.98. The molecule has 0 fully saturated rings. The Morgan fingerprint density at radius 1 is 0.864 bits per heavy atom. The number of aromatic hydroxyl groups is 1. The molecule has 0 saturated carbocycles. The van der Waals surface area contributed by atoms with Gasteiger partial charge in [0, 0.05) is 13.3 Å². The third-order valence-electron chi connectivity index (χ3n) is 3.11. The number of sulfone groups is 1. The normalized spacial score (nSPS) is 12.1. The lowest BCUT2D eigenvalue weighted by Crippen LogP contribution is -2.28. The van der Waals surface area contributed by atoms with Crippen LogP contribution in [-0.4, -0.2) is 35.2 Å². The number of nitrogens with zero attached hydrogens (tertiary/aromatic N) is 1. The highest BCUT2D eigenvalue weighted by atomic mass is 32.2. The molecule has 0 unspecified atom stereocenters. The van der Waals surface area contributed by atoms with E-state index in [2.05, 4.69) is 0 Å². The van der Waals surface area contributed by atoms with Crippen LogP contribution in [0.4, 0.5) is 5.69 Å². The van der Waals surface area contributed by atoms with E-state index in [4.69, 9.17) is 0 Å². The van der Waals surface area contributed by atoms with E-state index in [1.807, 2.05) is 0 Å². The minimum absolute atomic E-state index is 0.0609. The first kappa shape index (κ1) is 16.3.